The Morgan fingerprint density at radius 3 is 2.80 bits per heavy atom. The first-order valence-electron chi connectivity index (χ1n) is 7.11. The lowest BCUT2D eigenvalue weighted by atomic mass is 9.87. The molecule has 5 nitrogen and oxygen atoms in total. The number of carbonyl (C=O) groups is 1. The van der Waals surface area contributed by atoms with Gasteiger partial charge in [-0.1, -0.05) is 43.7 Å². The van der Waals surface area contributed by atoms with E-state index in [-0.39, 0.29) is 5.91 Å². The van der Waals surface area contributed by atoms with Crippen molar-refractivity contribution in [2.45, 2.75) is 38.5 Å². The summed E-state index contributed by atoms with van der Waals surface area (Å²) >= 11 is 5.94. The predicted octanol–water partition coefficient (Wildman–Crippen LogP) is 2.72. The van der Waals surface area contributed by atoms with Crippen molar-refractivity contribution in [3.8, 4) is 0 Å². The van der Waals surface area contributed by atoms with Crippen LogP contribution in [0.15, 0.2) is 12.3 Å². The van der Waals surface area contributed by atoms with E-state index < -0.39 is 0 Å². The second-order valence-electron chi connectivity index (χ2n) is 5.25. The number of halogens is 1. The summed E-state index contributed by atoms with van der Waals surface area (Å²) in [6.07, 6.45) is 9.11. The summed E-state index contributed by atoms with van der Waals surface area (Å²) in [7, 11) is 0. The quantitative estimate of drug-likeness (QED) is 0.576. The highest BCUT2D eigenvalue weighted by molar-refractivity contribution is 6.33. The molecular weight excluding hydrogens is 276 g/mol. The highest BCUT2D eigenvalue weighted by atomic mass is 35.5. The minimum atomic E-state index is -0.140. The Morgan fingerprint density at radius 1 is 1.40 bits per heavy atom. The topological polar surface area (TPSA) is 80.0 Å². The standard InChI is InChI=1S/C14H21ClN4O/c15-12-8-11(9-18-13(12)19-16)14(20)17-7-6-10-4-2-1-3-5-10/h8-10H,1-7,16H2,(H,17,20)(H,18,19). The van der Waals surface area contributed by atoms with Crippen molar-refractivity contribution in [3.05, 3.63) is 22.8 Å². The third-order valence-corrected chi connectivity index (χ3v) is 4.09. The van der Waals surface area contributed by atoms with Crippen molar-refractivity contribution in [2.24, 2.45) is 11.8 Å². The lowest BCUT2D eigenvalue weighted by Gasteiger charge is -2.21. The molecule has 1 aliphatic rings. The number of nitrogens with zero attached hydrogens (tertiary/aromatic N) is 1. The molecule has 110 valence electrons. The number of hydrogen-bond donors (Lipinski definition) is 3. The van der Waals surface area contributed by atoms with E-state index in [0.717, 1.165) is 12.3 Å². The number of nitrogens with two attached hydrogens (primary N) is 1. The van der Waals surface area contributed by atoms with Crippen molar-refractivity contribution >= 4 is 23.3 Å². The van der Waals surface area contributed by atoms with Crippen molar-refractivity contribution in [2.75, 3.05) is 12.0 Å². The maximum Gasteiger partial charge on any atom is 0.252 e. The molecule has 1 amide bonds. The number of nitrogens with one attached hydrogen (secondary N) is 2. The number of nitrogen functional groups attached to an aromatic ring is 1. The molecule has 0 unspecified atom stereocenters. The molecule has 0 atom stereocenters. The molecule has 2 rings (SSSR count). The van der Waals surface area contributed by atoms with Gasteiger partial charge in [-0.2, -0.15) is 0 Å². The lowest BCUT2D eigenvalue weighted by molar-refractivity contribution is 0.0950. The summed E-state index contributed by atoms with van der Waals surface area (Å²) in [5.74, 6) is 6.23. The summed E-state index contributed by atoms with van der Waals surface area (Å²) < 4.78 is 0. The van der Waals surface area contributed by atoms with Crippen molar-refractivity contribution in [1.29, 1.82) is 0 Å². The van der Waals surface area contributed by atoms with Crippen LogP contribution in [0.2, 0.25) is 5.02 Å². The van der Waals surface area contributed by atoms with E-state index in [1.807, 2.05) is 0 Å². The van der Waals surface area contributed by atoms with Gasteiger partial charge in [-0.25, -0.2) is 10.8 Å². The minimum Gasteiger partial charge on any atom is -0.352 e. The van der Waals surface area contributed by atoms with Crippen LogP contribution >= 0.6 is 11.6 Å². The van der Waals surface area contributed by atoms with E-state index >= 15 is 0 Å². The summed E-state index contributed by atoms with van der Waals surface area (Å²) in [5.41, 5.74) is 2.83. The number of aromatic nitrogens is 1. The molecule has 0 bridgehead atoms. The highest BCUT2D eigenvalue weighted by Gasteiger charge is 2.14. The Bertz CT molecular complexity index is 460. The maximum absolute atomic E-state index is 12.0. The van der Waals surface area contributed by atoms with E-state index in [4.69, 9.17) is 17.4 Å². The fraction of sp³-hybridized carbons (Fsp3) is 0.571. The van der Waals surface area contributed by atoms with Crippen LogP contribution in [-0.4, -0.2) is 17.4 Å². The average Bonchev–Trinajstić information content (AvgIpc) is 2.48. The average molecular weight is 297 g/mol. The van der Waals surface area contributed by atoms with Gasteiger partial charge in [0.15, 0.2) is 5.82 Å². The predicted molar refractivity (Wildman–Crippen MR) is 80.6 cm³/mol. The van der Waals surface area contributed by atoms with E-state index in [2.05, 4.69) is 15.7 Å². The van der Waals surface area contributed by atoms with Crippen molar-refractivity contribution in [1.82, 2.24) is 10.3 Å². The molecule has 0 radical (unpaired) electrons. The number of rotatable bonds is 5. The summed E-state index contributed by atoms with van der Waals surface area (Å²) in [4.78, 5) is 16.0. The molecule has 0 saturated heterocycles. The Kier molecular flexibility index (Phi) is 5.61. The maximum atomic E-state index is 12.0. The number of carbonyl (C=O) groups excluding carboxylic acids is 1. The van der Waals surface area contributed by atoms with Gasteiger partial charge in [-0.3, -0.25) is 4.79 Å². The zero-order chi connectivity index (χ0) is 14.4. The van der Waals surface area contributed by atoms with Gasteiger partial charge < -0.3 is 10.7 Å². The lowest BCUT2D eigenvalue weighted by Crippen LogP contribution is -2.26. The number of hydrogen-bond acceptors (Lipinski definition) is 4. The van der Waals surface area contributed by atoms with Crippen LogP contribution in [0, 0.1) is 5.92 Å². The van der Waals surface area contributed by atoms with Gasteiger partial charge in [0.05, 0.1) is 10.6 Å². The van der Waals surface area contributed by atoms with Crippen LogP contribution in [-0.2, 0) is 0 Å². The molecule has 0 aromatic carbocycles. The van der Waals surface area contributed by atoms with Crippen LogP contribution in [0.1, 0.15) is 48.9 Å². The monoisotopic (exact) mass is 296 g/mol. The highest BCUT2D eigenvalue weighted by Crippen LogP contribution is 2.25. The largest absolute Gasteiger partial charge is 0.352 e. The normalized spacial score (nSPS) is 15.9. The Morgan fingerprint density at radius 2 is 2.15 bits per heavy atom. The first-order chi connectivity index (χ1) is 9.70. The summed E-state index contributed by atoms with van der Waals surface area (Å²) in [5, 5.41) is 3.26. The fourth-order valence-electron chi connectivity index (χ4n) is 2.64. The van der Waals surface area contributed by atoms with Crippen LogP contribution < -0.4 is 16.6 Å². The third-order valence-electron chi connectivity index (χ3n) is 3.80. The first-order valence-corrected chi connectivity index (χ1v) is 7.49. The molecule has 1 aromatic rings. The number of hydrazine groups is 1. The Labute approximate surface area is 124 Å². The third kappa shape index (κ3) is 4.08. The van der Waals surface area contributed by atoms with E-state index in [9.17, 15) is 4.79 Å². The molecule has 0 aliphatic heterocycles. The van der Waals surface area contributed by atoms with Gasteiger partial charge in [0.2, 0.25) is 0 Å². The molecule has 4 N–H and O–H groups in total. The molecule has 0 spiro atoms. The summed E-state index contributed by atoms with van der Waals surface area (Å²) in [6.45, 7) is 0.706. The number of anilines is 1. The second-order valence-corrected chi connectivity index (χ2v) is 5.65. The minimum absolute atomic E-state index is 0.140. The molecule has 20 heavy (non-hydrogen) atoms. The van der Waals surface area contributed by atoms with E-state index in [1.165, 1.54) is 38.3 Å². The smallest absolute Gasteiger partial charge is 0.252 e. The fourth-order valence-corrected chi connectivity index (χ4v) is 2.86. The van der Waals surface area contributed by atoms with Gasteiger partial charge in [-0.05, 0) is 18.4 Å². The van der Waals surface area contributed by atoms with Gasteiger partial charge in [-0.15, -0.1) is 0 Å². The molecule has 1 aliphatic carbocycles. The van der Waals surface area contributed by atoms with Gasteiger partial charge in [0.25, 0.3) is 5.91 Å². The molecule has 1 saturated carbocycles. The first kappa shape index (κ1) is 15.1. The molecular formula is C14H21ClN4O. The molecule has 1 aromatic heterocycles. The van der Waals surface area contributed by atoms with Crippen molar-refractivity contribution < 1.29 is 4.79 Å². The Balaban J connectivity index is 1.80. The van der Waals surface area contributed by atoms with Gasteiger partial charge >= 0.3 is 0 Å². The molecule has 1 fully saturated rings. The van der Waals surface area contributed by atoms with Crippen LogP contribution in [0.5, 0.6) is 0 Å². The Hall–Kier alpha value is -1.33. The zero-order valence-electron chi connectivity index (χ0n) is 11.5. The van der Waals surface area contributed by atoms with Gasteiger partial charge in [0, 0.05) is 12.7 Å². The van der Waals surface area contributed by atoms with E-state index in [0.29, 0.717) is 22.9 Å². The second kappa shape index (κ2) is 7.45. The van der Waals surface area contributed by atoms with Crippen LogP contribution in [0.3, 0.4) is 0 Å². The summed E-state index contributed by atoms with van der Waals surface area (Å²) in [6, 6.07) is 1.57. The zero-order valence-corrected chi connectivity index (χ0v) is 12.2. The molecule has 1 heterocycles. The van der Waals surface area contributed by atoms with Crippen molar-refractivity contribution in [3.63, 3.8) is 0 Å². The SMILES string of the molecule is NNc1ncc(C(=O)NCCC2CCCCC2)cc1Cl. The van der Waals surface area contributed by atoms with Crippen LogP contribution in [0.4, 0.5) is 5.82 Å². The van der Waals surface area contributed by atoms with E-state index in [1.54, 1.807) is 6.07 Å². The van der Waals surface area contributed by atoms with Gasteiger partial charge in [0.1, 0.15) is 0 Å². The number of amides is 1. The molecule has 6 heteroatoms. The number of pyridine rings is 1. The van der Waals surface area contributed by atoms with Crippen LogP contribution in [0.25, 0.3) is 0 Å².